The summed E-state index contributed by atoms with van der Waals surface area (Å²) in [7, 11) is -2.57. The van der Waals surface area contributed by atoms with Crippen LogP contribution in [0, 0.1) is 0 Å². The van der Waals surface area contributed by atoms with E-state index in [4.69, 9.17) is 0 Å². The van der Waals surface area contributed by atoms with E-state index in [0.717, 1.165) is 33.8 Å². The Morgan fingerprint density at radius 3 is 2.63 bits per heavy atom. The van der Waals surface area contributed by atoms with Crippen LogP contribution in [0.3, 0.4) is 0 Å². The van der Waals surface area contributed by atoms with Gasteiger partial charge < -0.3 is 0 Å². The molecule has 9 nitrogen and oxygen atoms in total. The van der Waals surface area contributed by atoms with Crippen LogP contribution in [0.2, 0.25) is 0 Å². The second-order valence-corrected chi connectivity index (χ2v) is 11.8. The van der Waals surface area contributed by atoms with Gasteiger partial charge in [-0.05, 0) is 62.8 Å². The number of hydroxylamine groups is 1. The molecule has 0 amide bonds. The fourth-order valence-corrected chi connectivity index (χ4v) is 6.24. The fraction of sp³-hybridized carbons (Fsp3) is 0.458. The second-order valence-electron chi connectivity index (χ2n) is 10.1. The molecule has 2 aliphatic rings. The summed E-state index contributed by atoms with van der Waals surface area (Å²) in [6.07, 6.45) is 5.70. The molecule has 0 bridgehead atoms. The van der Waals surface area contributed by atoms with Gasteiger partial charge >= 0.3 is 0 Å². The van der Waals surface area contributed by atoms with Crippen LogP contribution in [0.5, 0.6) is 0 Å². The molecule has 1 saturated carbocycles. The molecule has 2 N–H and O–H groups in total. The van der Waals surface area contributed by atoms with E-state index >= 15 is 0 Å². The first-order valence-electron chi connectivity index (χ1n) is 11.6. The van der Waals surface area contributed by atoms with Crippen LogP contribution in [-0.2, 0) is 29.9 Å². The van der Waals surface area contributed by atoms with Crippen molar-refractivity contribution in [3.8, 4) is 0 Å². The fourth-order valence-electron chi connectivity index (χ4n) is 4.56. The number of aryl methyl sites for hydroxylation is 1. The molecule has 2 heterocycles. The van der Waals surface area contributed by atoms with Crippen molar-refractivity contribution < 1.29 is 18.0 Å². The second kappa shape index (κ2) is 8.35. The summed E-state index contributed by atoms with van der Waals surface area (Å²) in [5.41, 5.74) is 0.329. The van der Waals surface area contributed by atoms with E-state index in [1.807, 2.05) is 12.1 Å². The first kappa shape index (κ1) is 23.8. The lowest BCUT2D eigenvalue weighted by molar-refractivity contribution is 0.217. The summed E-state index contributed by atoms with van der Waals surface area (Å²) in [6.45, 7) is 2.27. The van der Waals surface area contributed by atoms with Crippen molar-refractivity contribution in [2.24, 2.45) is 7.05 Å². The van der Waals surface area contributed by atoms with Gasteiger partial charge in [-0.15, -0.1) is 0 Å². The molecule has 2 aromatic heterocycles. The molecular formula is C24H28FN5O4S. The first-order chi connectivity index (χ1) is 16.4. The van der Waals surface area contributed by atoms with Crippen molar-refractivity contribution in [2.45, 2.75) is 62.1 Å². The number of nitrogens with one attached hydrogen (secondary N) is 1. The Morgan fingerprint density at radius 2 is 1.97 bits per heavy atom. The summed E-state index contributed by atoms with van der Waals surface area (Å²) in [5.74, 6) is 0.329. The molecule has 1 fully saturated rings. The van der Waals surface area contributed by atoms with Gasteiger partial charge in [0.15, 0.2) is 0 Å². The Morgan fingerprint density at radius 1 is 1.23 bits per heavy atom. The first-order valence-corrected chi connectivity index (χ1v) is 13.1. The SMILES string of the molecule is Cn1ncc(N(O)C2Cc3cc4cnc(C5CC5)cc4c(S(=O)(=O)NCC(C)(C)F)c3C2)cc1=O. The highest BCUT2D eigenvalue weighted by molar-refractivity contribution is 7.89. The van der Waals surface area contributed by atoms with Gasteiger partial charge in [0.05, 0.1) is 22.8 Å². The maximum absolute atomic E-state index is 14.2. The summed E-state index contributed by atoms with van der Waals surface area (Å²) < 4.78 is 44.9. The number of sulfonamides is 1. The predicted octanol–water partition coefficient (Wildman–Crippen LogP) is 2.60. The number of hydrogen-bond donors (Lipinski definition) is 2. The number of nitrogens with zero attached hydrogens (tertiary/aromatic N) is 4. The van der Waals surface area contributed by atoms with Crippen molar-refractivity contribution in [3.63, 3.8) is 0 Å². The van der Waals surface area contributed by atoms with Crippen LogP contribution in [0.25, 0.3) is 10.8 Å². The topological polar surface area (TPSA) is 117 Å². The van der Waals surface area contributed by atoms with E-state index in [-0.39, 0.29) is 29.1 Å². The van der Waals surface area contributed by atoms with Crippen LogP contribution < -0.4 is 15.3 Å². The molecule has 0 spiro atoms. The van der Waals surface area contributed by atoms with Gasteiger partial charge in [0, 0.05) is 48.2 Å². The Hall–Kier alpha value is -2.89. The van der Waals surface area contributed by atoms with Gasteiger partial charge in [0.25, 0.3) is 5.56 Å². The maximum Gasteiger partial charge on any atom is 0.268 e. The van der Waals surface area contributed by atoms with Gasteiger partial charge in [-0.1, -0.05) is 0 Å². The summed E-state index contributed by atoms with van der Waals surface area (Å²) in [4.78, 5) is 16.7. The minimum atomic E-state index is -4.08. The zero-order chi connectivity index (χ0) is 25.1. The lowest BCUT2D eigenvalue weighted by Gasteiger charge is -2.23. The zero-order valence-corrected chi connectivity index (χ0v) is 20.6. The van der Waals surface area contributed by atoms with Crippen molar-refractivity contribution in [2.75, 3.05) is 11.6 Å². The van der Waals surface area contributed by atoms with Crippen LogP contribution >= 0.6 is 0 Å². The highest BCUT2D eigenvalue weighted by Crippen LogP contribution is 2.42. The van der Waals surface area contributed by atoms with Gasteiger partial charge in [-0.2, -0.15) is 5.10 Å². The molecule has 1 atom stereocenters. The number of benzene rings is 1. The van der Waals surface area contributed by atoms with E-state index in [9.17, 15) is 22.8 Å². The van der Waals surface area contributed by atoms with E-state index in [0.29, 0.717) is 28.7 Å². The number of aromatic nitrogens is 3. The van der Waals surface area contributed by atoms with Gasteiger partial charge in [0.2, 0.25) is 10.0 Å². The van der Waals surface area contributed by atoms with Crippen LogP contribution in [-0.4, -0.2) is 46.6 Å². The summed E-state index contributed by atoms with van der Waals surface area (Å²) in [5, 5.41) is 17.0. The maximum atomic E-state index is 14.2. The lowest BCUT2D eigenvalue weighted by atomic mass is 10.0. The lowest BCUT2D eigenvalue weighted by Crippen LogP contribution is -2.36. The third-order valence-corrected chi connectivity index (χ3v) is 8.13. The average molecular weight is 502 g/mol. The quantitative estimate of drug-likeness (QED) is 0.478. The third kappa shape index (κ3) is 4.67. The number of pyridine rings is 1. The minimum Gasteiger partial charge on any atom is -0.288 e. The van der Waals surface area contributed by atoms with Crippen molar-refractivity contribution in [1.29, 1.82) is 0 Å². The molecule has 0 radical (unpaired) electrons. The molecule has 3 aromatic rings. The zero-order valence-electron chi connectivity index (χ0n) is 19.8. The molecular weight excluding hydrogens is 473 g/mol. The normalized spacial score (nSPS) is 18.1. The Balaban J connectivity index is 1.59. The summed E-state index contributed by atoms with van der Waals surface area (Å²) in [6, 6.07) is 4.51. The van der Waals surface area contributed by atoms with E-state index in [1.54, 1.807) is 6.20 Å². The highest BCUT2D eigenvalue weighted by Gasteiger charge is 2.35. The molecule has 186 valence electrons. The van der Waals surface area contributed by atoms with Gasteiger partial charge in [-0.3, -0.25) is 20.0 Å². The Labute approximate surface area is 202 Å². The number of anilines is 1. The summed E-state index contributed by atoms with van der Waals surface area (Å²) >= 11 is 0. The van der Waals surface area contributed by atoms with E-state index < -0.39 is 21.7 Å². The van der Waals surface area contributed by atoms with Crippen LogP contribution in [0.4, 0.5) is 10.1 Å². The number of rotatable bonds is 7. The number of alkyl halides is 1. The molecule has 0 saturated heterocycles. The molecule has 5 rings (SSSR count). The predicted molar refractivity (Wildman–Crippen MR) is 129 cm³/mol. The monoisotopic (exact) mass is 501 g/mol. The van der Waals surface area contributed by atoms with Crippen LogP contribution in [0.15, 0.2) is 40.3 Å². The smallest absolute Gasteiger partial charge is 0.268 e. The Bertz CT molecular complexity index is 1480. The number of halogens is 1. The van der Waals surface area contributed by atoms with Crippen molar-refractivity contribution >= 4 is 26.5 Å². The highest BCUT2D eigenvalue weighted by atomic mass is 32.2. The minimum absolute atomic E-state index is 0.108. The molecule has 11 heteroatoms. The average Bonchev–Trinajstić information content (AvgIpc) is 3.56. The number of hydrogen-bond acceptors (Lipinski definition) is 7. The number of fused-ring (bicyclic) bond motifs is 2. The van der Waals surface area contributed by atoms with Crippen molar-refractivity contribution in [1.82, 2.24) is 19.5 Å². The van der Waals surface area contributed by atoms with E-state index in [2.05, 4.69) is 14.8 Å². The van der Waals surface area contributed by atoms with Gasteiger partial charge in [0.1, 0.15) is 5.67 Å². The molecule has 0 aliphatic heterocycles. The Kier molecular flexibility index (Phi) is 5.69. The van der Waals surface area contributed by atoms with Crippen molar-refractivity contribution in [3.05, 3.63) is 57.8 Å². The molecule has 35 heavy (non-hydrogen) atoms. The van der Waals surface area contributed by atoms with Gasteiger partial charge in [-0.25, -0.2) is 22.2 Å². The largest absolute Gasteiger partial charge is 0.288 e. The molecule has 1 unspecified atom stereocenters. The molecule has 1 aromatic carbocycles. The standard InChI is InChI=1S/C24H28FN5O4S/c1-24(2,25)13-28-35(33,34)23-19-8-17(30(32)18-9-22(31)29(3)27-12-18)7-15(19)6-16-11-26-21(10-20(16)23)14-4-5-14/h6,9-12,14,17,28,32H,4-5,7-8,13H2,1-3H3. The third-order valence-electron chi connectivity index (χ3n) is 6.60. The van der Waals surface area contributed by atoms with E-state index in [1.165, 1.54) is 33.2 Å². The van der Waals surface area contributed by atoms with Crippen LogP contribution in [0.1, 0.15) is 49.4 Å². The molecule has 2 aliphatic carbocycles.